The van der Waals surface area contributed by atoms with Crippen molar-refractivity contribution in [3.05, 3.63) is 45.6 Å². The molecule has 0 aliphatic carbocycles. The molecular formula is C13H13ClN2O3. The lowest BCUT2D eigenvalue weighted by Crippen LogP contribution is -2.21. The van der Waals surface area contributed by atoms with Gasteiger partial charge in [-0.2, -0.15) is 0 Å². The lowest BCUT2D eigenvalue weighted by Gasteiger charge is -2.06. The van der Waals surface area contributed by atoms with Crippen molar-refractivity contribution in [2.75, 3.05) is 0 Å². The summed E-state index contributed by atoms with van der Waals surface area (Å²) in [6, 6.07) is 4.82. The zero-order valence-corrected chi connectivity index (χ0v) is 11.6. The number of halogens is 1. The van der Waals surface area contributed by atoms with E-state index in [1.54, 1.807) is 31.4 Å². The van der Waals surface area contributed by atoms with Gasteiger partial charge < -0.3 is 4.74 Å². The summed E-state index contributed by atoms with van der Waals surface area (Å²) in [5, 5.41) is 0.279. The van der Waals surface area contributed by atoms with Gasteiger partial charge in [0.15, 0.2) is 0 Å². The normalized spacial score (nSPS) is 10.5. The molecule has 100 valence electrons. The van der Waals surface area contributed by atoms with Crippen molar-refractivity contribution in [3.8, 4) is 11.4 Å². The van der Waals surface area contributed by atoms with Crippen molar-refractivity contribution in [1.82, 2.24) is 9.13 Å². The van der Waals surface area contributed by atoms with Crippen molar-refractivity contribution in [3.63, 3.8) is 0 Å². The standard InChI is InChI=1S/C13H13ClN2O3/c1-8-7-16(13(18)15(8)3)10-4-5-12(11(14)6-10)19-9(2)17/h4-7H,1-3H3. The molecule has 0 bridgehead atoms. The Morgan fingerprint density at radius 1 is 1.37 bits per heavy atom. The average molecular weight is 281 g/mol. The molecule has 2 rings (SSSR count). The minimum Gasteiger partial charge on any atom is -0.425 e. The van der Waals surface area contributed by atoms with Crippen LogP contribution >= 0.6 is 11.6 Å². The van der Waals surface area contributed by atoms with Gasteiger partial charge in [-0.1, -0.05) is 11.6 Å². The molecule has 5 nitrogen and oxygen atoms in total. The van der Waals surface area contributed by atoms with E-state index in [9.17, 15) is 9.59 Å². The van der Waals surface area contributed by atoms with E-state index in [0.29, 0.717) is 5.69 Å². The Balaban J connectivity index is 2.47. The smallest absolute Gasteiger partial charge is 0.332 e. The number of rotatable bonds is 2. The molecule has 0 fully saturated rings. The van der Waals surface area contributed by atoms with E-state index in [1.807, 2.05) is 6.92 Å². The Kier molecular flexibility index (Phi) is 3.48. The summed E-state index contributed by atoms with van der Waals surface area (Å²) < 4.78 is 7.95. The lowest BCUT2D eigenvalue weighted by atomic mass is 10.3. The van der Waals surface area contributed by atoms with E-state index in [1.165, 1.54) is 16.1 Å². The van der Waals surface area contributed by atoms with E-state index in [2.05, 4.69) is 0 Å². The third-order valence-electron chi connectivity index (χ3n) is 2.79. The number of esters is 1. The fraction of sp³-hybridized carbons (Fsp3) is 0.231. The molecule has 2 aromatic rings. The van der Waals surface area contributed by atoms with Gasteiger partial charge in [-0.3, -0.25) is 13.9 Å². The first kappa shape index (κ1) is 13.4. The highest BCUT2D eigenvalue weighted by Crippen LogP contribution is 2.26. The Labute approximate surface area is 115 Å². The summed E-state index contributed by atoms with van der Waals surface area (Å²) in [6.07, 6.45) is 1.72. The highest BCUT2D eigenvalue weighted by atomic mass is 35.5. The van der Waals surface area contributed by atoms with Gasteiger partial charge in [0.2, 0.25) is 0 Å². The molecule has 0 spiro atoms. The van der Waals surface area contributed by atoms with Crippen LogP contribution in [0.15, 0.2) is 29.2 Å². The van der Waals surface area contributed by atoms with E-state index in [0.717, 1.165) is 5.69 Å². The van der Waals surface area contributed by atoms with Gasteiger partial charge in [0, 0.05) is 25.9 Å². The Morgan fingerprint density at radius 2 is 2.05 bits per heavy atom. The Bertz CT molecular complexity index is 700. The first-order valence-corrected chi connectivity index (χ1v) is 6.01. The molecule has 19 heavy (non-hydrogen) atoms. The predicted molar refractivity (Wildman–Crippen MR) is 72.1 cm³/mol. The van der Waals surface area contributed by atoms with Crippen LogP contribution in [0, 0.1) is 6.92 Å². The molecule has 1 aromatic heterocycles. The first-order valence-electron chi connectivity index (χ1n) is 5.63. The summed E-state index contributed by atoms with van der Waals surface area (Å²) in [7, 11) is 1.70. The number of benzene rings is 1. The van der Waals surface area contributed by atoms with Gasteiger partial charge >= 0.3 is 11.7 Å². The number of ether oxygens (including phenoxy) is 1. The van der Waals surface area contributed by atoms with E-state index in [-0.39, 0.29) is 16.5 Å². The molecule has 1 heterocycles. The minimum atomic E-state index is -0.442. The number of carbonyl (C=O) groups is 1. The number of imidazole rings is 1. The van der Waals surface area contributed by atoms with Crippen LogP contribution in [-0.2, 0) is 11.8 Å². The van der Waals surface area contributed by atoms with Crippen molar-refractivity contribution >= 4 is 17.6 Å². The van der Waals surface area contributed by atoms with E-state index in [4.69, 9.17) is 16.3 Å². The molecule has 0 saturated heterocycles. The Morgan fingerprint density at radius 3 is 2.53 bits per heavy atom. The van der Waals surface area contributed by atoms with E-state index < -0.39 is 5.97 Å². The van der Waals surface area contributed by atoms with Crippen LogP contribution in [0.25, 0.3) is 5.69 Å². The van der Waals surface area contributed by atoms with Crippen LogP contribution in [0.4, 0.5) is 0 Å². The lowest BCUT2D eigenvalue weighted by molar-refractivity contribution is -0.131. The quantitative estimate of drug-likeness (QED) is 0.625. The molecule has 0 atom stereocenters. The van der Waals surface area contributed by atoms with Crippen LogP contribution < -0.4 is 10.4 Å². The topological polar surface area (TPSA) is 53.2 Å². The molecule has 1 aromatic carbocycles. The molecule has 0 amide bonds. The van der Waals surface area contributed by atoms with Gasteiger partial charge in [0.05, 0.1) is 10.7 Å². The van der Waals surface area contributed by atoms with Crippen LogP contribution in [0.3, 0.4) is 0 Å². The van der Waals surface area contributed by atoms with Crippen LogP contribution in [0.5, 0.6) is 5.75 Å². The number of carbonyl (C=O) groups excluding carboxylic acids is 1. The second-order valence-electron chi connectivity index (χ2n) is 4.19. The first-order chi connectivity index (χ1) is 8.90. The van der Waals surface area contributed by atoms with Crippen molar-refractivity contribution in [2.24, 2.45) is 7.05 Å². The molecule has 0 radical (unpaired) electrons. The zero-order valence-electron chi connectivity index (χ0n) is 10.8. The van der Waals surface area contributed by atoms with Gasteiger partial charge in [-0.05, 0) is 25.1 Å². The fourth-order valence-corrected chi connectivity index (χ4v) is 1.92. The molecule has 0 N–H and O–H groups in total. The molecular weight excluding hydrogens is 268 g/mol. The summed E-state index contributed by atoms with van der Waals surface area (Å²) in [4.78, 5) is 22.8. The Hall–Kier alpha value is -2.01. The second-order valence-corrected chi connectivity index (χ2v) is 4.60. The largest absolute Gasteiger partial charge is 0.425 e. The number of hydrogen-bond acceptors (Lipinski definition) is 3. The number of nitrogens with zero attached hydrogens (tertiary/aromatic N) is 2. The maximum absolute atomic E-state index is 12.0. The van der Waals surface area contributed by atoms with Crippen LogP contribution in [-0.4, -0.2) is 15.1 Å². The van der Waals surface area contributed by atoms with Crippen molar-refractivity contribution in [1.29, 1.82) is 0 Å². The van der Waals surface area contributed by atoms with Gasteiger partial charge in [-0.25, -0.2) is 4.79 Å². The third kappa shape index (κ3) is 2.56. The summed E-state index contributed by atoms with van der Waals surface area (Å²) >= 11 is 6.02. The molecule has 0 saturated carbocycles. The second kappa shape index (κ2) is 4.93. The maximum Gasteiger partial charge on any atom is 0.332 e. The highest BCUT2D eigenvalue weighted by Gasteiger charge is 2.10. The number of hydrogen-bond donors (Lipinski definition) is 0. The van der Waals surface area contributed by atoms with E-state index >= 15 is 0 Å². The highest BCUT2D eigenvalue weighted by molar-refractivity contribution is 6.32. The molecule has 6 heteroatoms. The molecule has 0 unspecified atom stereocenters. The van der Waals surface area contributed by atoms with Gasteiger partial charge in [0.25, 0.3) is 0 Å². The maximum atomic E-state index is 12.0. The monoisotopic (exact) mass is 280 g/mol. The summed E-state index contributed by atoms with van der Waals surface area (Å²) in [6.45, 7) is 3.14. The predicted octanol–water partition coefficient (Wildman–Crippen LogP) is 2.06. The SMILES string of the molecule is CC(=O)Oc1ccc(-n2cc(C)n(C)c2=O)cc1Cl. The van der Waals surface area contributed by atoms with Crippen LogP contribution in [0.2, 0.25) is 5.02 Å². The van der Waals surface area contributed by atoms with Gasteiger partial charge in [-0.15, -0.1) is 0 Å². The zero-order chi connectivity index (χ0) is 14.2. The van der Waals surface area contributed by atoms with Gasteiger partial charge in [0.1, 0.15) is 5.75 Å². The molecule has 0 aliphatic heterocycles. The number of aryl methyl sites for hydroxylation is 1. The summed E-state index contributed by atoms with van der Waals surface area (Å²) in [5.74, 6) is -0.166. The fourth-order valence-electron chi connectivity index (χ4n) is 1.70. The average Bonchev–Trinajstić information content (AvgIpc) is 2.59. The van der Waals surface area contributed by atoms with Crippen LogP contribution in [0.1, 0.15) is 12.6 Å². The van der Waals surface area contributed by atoms with Crippen molar-refractivity contribution in [2.45, 2.75) is 13.8 Å². The summed E-state index contributed by atoms with van der Waals surface area (Å²) in [5.41, 5.74) is 1.30. The minimum absolute atomic E-state index is 0.159. The third-order valence-corrected chi connectivity index (χ3v) is 3.08. The van der Waals surface area contributed by atoms with Crippen molar-refractivity contribution < 1.29 is 9.53 Å². The number of aromatic nitrogens is 2. The molecule has 0 aliphatic rings.